The van der Waals surface area contributed by atoms with Gasteiger partial charge in [0.25, 0.3) is 0 Å². The van der Waals surface area contributed by atoms with Crippen LogP contribution in [0.15, 0.2) is 22.3 Å². The molecule has 0 bridgehead atoms. The molecule has 0 spiro atoms. The molecule has 1 amide bonds. The third kappa shape index (κ3) is 3.31. The molecule has 6 nitrogen and oxygen atoms in total. The maximum Gasteiger partial charge on any atom is 0.348 e. The lowest BCUT2D eigenvalue weighted by atomic mass is 9.93. The van der Waals surface area contributed by atoms with Crippen LogP contribution in [0, 0.1) is 11.8 Å². The summed E-state index contributed by atoms with van der Waals surface area (Å²) in [4.78, 5) is 26.2. The van der Waals surface area contributed by atoms with Gasteiger partial charge in [-0.2, -0.15) is 5.10 Å². The Balaban J connectivity index is 1.37. The molecular formula is C17H22N4O2S. The van der Waals surface area contributed by atoms with Gasteiger partial charge in [0, 0.05) is 25.9 Å². The van der Waals surface area contributed by atoms with Crippen LogP contribution in [0.25, 0.3) is 5.00 Å². The van der Waals surface area contributed by atoms with E-state index in [4.69, 9.17) is 0 Å². The zero-order chi connectivity index (χ0) is 16.5. The van der Waals surface area contributed by atoms with E-state index in [9.17, 15) is 9.59 Å². The van der Waals surface area contributed by atoms with Crippen molar-refractivity contribution in [3.63, 3.8) is 0 Å². The van der Waals surface area contributed by atoms with Crippen LogP contribution in [0.5, 0.6) is 0 Å². The van der Waals surface area contributed by atoms with E-state index in [0.717, 1.165) is 49.6 Å². The van der Waals surface area contributed by atoms with Gasteiger partial charge in [-0.05, 0) is 55.0 Å². The number of hydrogen-bond donors (Lipinski definition) is 1. The summed E-state index contributed by atoms with van der Waals surface area (Å²) >= 11 is 1.54. The summed E-state index contributed by atoms with van der Waals surface area (Å²) < 4.78 is 1.68. The van der Waals surface area contributed by atoms with Crippen LogP contribution in [0.2, 0.25) is 0 Å². The Hall–Kier alpha value is -1.89. The molecule has 1 saturated carbocycles. The first-order chi connectivity index (χ1) is 11.7. The maximum atomic E-state index is 12.2. The number of carbonyl (C=O) groups excluding carboxylic acids is 1. The molecular weight excluding hydrogens is 324 g/mol. The van der Waals surface area contributed by atoms with Crippen molar-refractivity contribution in [2.45, 2.75) is 38.5 Å². The van der Waals surface area contributed by atoms with E-state index in [0.29, 0.717) is 17.7 Å². The van der Waals surface area contributed by atoms with Crippen LogP contribution in [0.4, 0.5) is 0 Å². The molecule has 4 rings (SSSR count). The van der Waals surface area contributed by atoms with Gasteiger partial charge in [0.2, 0.25) is 5.91 Å². The van der Waals surface area contributed by atoms with Gasteiger partial charge in [-0.3, -0.25) is 4.79 Å². The minimum absolute atomic E-state index is 0.176. The Morgan fingerprint density at radius 2 is 2.04 bits per heavy atom. The normalized spacial score (nSPS) is 18.9. The topological polar surface area (TPSA) is 71.0 Å². The molecule has 128 valence electrons. The van der Waals surface area contributed by atoms with Crippen LogP contribution >= 0.6 is 11.3 Å². The average molecular weight is 346 g/mol. The second-order valence-corrected chi connectivity index (χ2v) is 7.83. The van der Waals surface area contributed by atoms with E-state index in [1.165, 1.54) is 24.2 Å². The third-order valence-electron chi connectivity index (χ3n) is 5.07. The predicted molar refractivity (Wildman–Crippen MR) is 92.4 cm³/mol. The number of amides is 1. The Morgan fingerprint density at radius 3 is 2.71 bits per heavy atom. The van der Waals surface area contributed by atoms with Gasteiger partial charge in [0.1, 0.15) is 10.8 Å². The average Bonchev–Trinajstić information content (AvgIpc) is 3.09. The van der Waals surface area contributed by atoms with Gasteiger partial charge in [-0.1, -0.05) is 0 Å². The molecule has 0 aromatic carbocycles. The lowest BCUT2D eigenvalue weighted by Gasteiger charge is -2.32. The molecule has 0 atom stereocenters. The quantitative estimate of drug-likeness (QED) is 0.902. The number of aromatic amines is 1. The van der Waals surface area contributed by atoms with E-state index < -0.39 is 0 Å². The van der Waals surface area contributed by atoms with Crippen molar-refractivity contribution in [2.24, 2.45) is 11.8 Å². The standard InChI is InChI=1S/C17H22N4O2S/c22-15(11-12-3-4-12)20-7-5-13(6-8-20)10-14-18-19-17(23)21(14)16-2-1-9-24-16/h1-2,9,12-13H,3-8,10-11H2,(H,19,23). The predicted octanol–water partition coefficient (Wildman–Crippen LogP) is 2.20. The van der Waals surface area contributed by atoms with E-state index in [2.05, 4.69) is 10.2 Å². The summed E-state index contributed by atoms with van der Waals surface area (Å²) in [5.41, 5.74) is -0.176. The number of nitrogens with one attached hydrogen (secondary N) is 1. The molecule has 2 aromatic rings. The molecule has 0 unspecified atom stereocenters. The molecule has 1 N–H and O–H groups in total. The fourth-order valence-electron chi connectivity index (χ4n) is 3.43. The molecule has 0 radical (unpaired) electrons. The summed E-state index contributed by atoms with van der Waals surface area (Å²) in [5, 5.41) is 9.65. The van der Waals surface area contributed by atoms with Crippen molar-refractivity contribution in [2.75, 3.05) is 13.1 Å². The number of likely N-dealkylation sites (tertiary alicyclic amines) is 1. The van der Waals surface area contributed by atoms with Gasteiger partial charge in [0.15, 0.2) is 0 Å². The molecule has 1 aliphatic carbocycles. The zero-order valence-corrected chi connectivity index (χ0v) is 14.4. The van der Waals surface area contributed by atoms with Crippen molar-refractivity contribution in [3.05, 3.63) is 33.8 Å². The van der Waals surface area contributed by atoms with E-state index in [-0.39, 0.29) is 5.69 Å². The highest BCUT2D eigenvalue weighted by molar-refractivity contribution is 7.12. The van der Waals surface area contributed by atoms with Crippen molar-refractivity contribution in [3.8, 4) is 5.00 Å². The summed E-state index contributed by atoms with van der Waals surface area (Å²) in [7, 11) is 0. The summed E-state index contributed by atoms with van der Waals surface area (Å²) in [6.07, 6.45) is 5.94. The van der Waals surface area contributed by atoms with Crippen LogP contribution in [-0.4, -0.2) is 38.7 Å². The first kappa shape index (κ1) is 15.6. The van der Waals surface area contributed by atoms with Crippen LogP contribution in [0.3, 0.4) is 0 Å². The number of rotatable bonds is 5. The second-order valence-electron chi connectivity index (χ2n) is 6.91. The molecule has 24 heavy (non-hydrogen) atoms. The number of aromatic nitrogens is 3. The van der Waals surface area contributed by atoms with E-state index in [1.807, 2.05) is 22.4 Å². The Kier molecular flexibility index (Phi) is 4.26. The zero-order valence-electron chi connectivity index (χ0n) is 13.6. The second kappa shape index (κ2) is 6.55. The number of nitrogens with zero attached hydrogens (tertiary/aromatic N) is 3. The number of H-pyrrole nitrogens is 1. The largest absolute Gasteiger partial charge is 0.348 e. The molecule has 2 aromatic heterocycles. The monoisotopic (exact) mass is 346 g/mol. The minimum atomic E-state index is -0.176. The Bertz CT molecular complexity index is 752. The highest BCUT2D eigenvalue weighted by Crippen LogP contribution is 2.33. The van der Waals surface area contributed by atoms with Gasteiger partial charge in [-0.15, -0.1) is 11.3 Å². The molecule has 3 heterocycles. The highest BCUT2D eigenvalue weighted by atomic mass is 32.1. The molecule has 2 fully saturated rings. The molecule has 1 saturated heterocycles. The summed E-state index contributed by atoms with van der Waals surface area (Å²) in [6.45, 7) is 1.67. The van der Waals surface area contributed by atoms with Crippen LogP contribution < -0.4 is 5.69 Å². The lowest BCUT2D eigenvalue weighted by molar-refractivity contribution is -0.132. The first-order valence-corrected chi connectivity index (χ1v) is 9.56. The Morgan fingerprint density at radius 1 is 1.25 bits per heavy atom. The van der Waals surface area contributed by atoms with Gasteiger partial charge in [0.05, 0.1) is 0 Å². The fourth-order valence-corrected chi connectivity index (χ4v) is 4.18. The highest BCUT2D eigenvalue weighted by Gasteiger charge is 2.29. The molecule has 1 aliphatic heterocycles. The van der Waals surface area contributed by atoms with Crippen molar-refractivity contribution in [1.82, 2.24) is 19.7 Å². The van der Waals surface area contributed by atoms with Gasteiger partial charge < -0.3 is 4.90 Å². The first-order valence-electron chi connectivity index (χ1n) is 8.68. The van der Waals surface area contributed by atoms with Crippen molar-refractivity contribution < 1.29 is 4.79 Å². The third-order valence-corrected chi connectivity index (χ3v) is 5.92. The number of carbonyl (C=O) groups is 1. The van der Waals surface area contributed by atoms with Crippen LogP contribution in [-0.2, 0) is 11.2 Å². The number of hydrogen-bond acceptors (Lipinski definition) is 4. The number of thiophene rings is 1. The molecule has 2 aliphatic rings. The smallest absolute Gasteiger partial charge is 0.343 e. The van der Waals surface area contributed by atoms with Crippen LogP contribution in [0.1, 0.15) is 37.9 Å². The van der Waals surface area contributed by atoms with E-state index >= 15 is 0 Å². The summed E-state index contributed by atoms with van der Waals surface area (Å²) in [5.74, 6) is 2.25. The number of piperidine rings is 1. The maximum absolute atomic E-state index is 12.2. The lowest BCUT2D eigenvalue weighted by Crippen LogP contribution is -2.39. The summed E-state index contributed by atoms with van der Waals surface area (Å²) in [6, 6.07) is 3.87. The van der Waals surface area contributed by atoms with Crippen molar-refractivity contribution >= 4 is 17.2 Å². The molecule has 7 heteroatoms. The van der Waals surface area contributed by atoms with Crippen molar-refractivity contribution in [1.29, 1.82) is 0 Å². The Labute approximate surface area is 144 Å². The van der Waals surface area contributed by atoms with Gasteiger partial charge in [-0.25, -0.2) is 14.5 Å². The fraction of sp³-hybridized carbons (Fsp3) is 0.588. The van der Waals surface area contributed by atoms with E-state index in [1.54, 1.807) is 4.57 Å². The SMILES string of the molecule is O=C(CC1CC1)N1CCC(Cc2n[nH]c(=O)n2-c2cccs2)CC1. The minimum Gasteiger partial charge on any atom is -0.343 e. The van der Waals surface area contributed by atoms with Gasteiger partial charge >= 0.3 is 5.69 Å².